The quantitative estimate of drug-likeness (QED) is 0.357. The van der Waals surface area contributed by atoms with Crippen molar-refractivity contribution in [1.82, 2.24) is 0 Å². The van der Waals surface area contributed by atoms with E-state index in [-0.39, 0.29) is 16.8 Å². The Labute approximate surface area is 141 Å². The maximum atomic E-state index is 13.6. The molecular weight excluding hydrogens is 493 g/mol. The third-order valence-electron chi connectivity index (χ3n) is 2.74. The van der Waals surface area contributed by atoms with Gasteiger partial charge in [0.15, 0.2) is 0 Å². The first kappa shape index (κ1) is 15.4. The third-order valence-corrected chi connectivity index (χ3v) is 4.95. The molecule has 0 amide bonds. The summed E-state index contributed by atoms with van der Waals surface area (Å²) in [5.41, 5.74) is 1.09. The van der Waals surface area contributed by atoms with Crippen LogP contribution in [0, 0.1) is 15.2 Å². The molecule has 0 spiro atoms. The molecule has 0 bridgehead atoms. The summed E-state index contributed by atoms with van der Waals surface area (Å²) >= 11 is 9.18. The van der Waals surface area contributed by atoms with Crippen LogP contribution < -0.4 is 0 Å². The molecule has 0 N–H and O–H groups in total. The molecule has 19 heavy (non-hydrogen) atoms. The third kappa shape index (κ3) is 3.76. The fourth-order valence-corrected chi connectivity index (χ4v) is 3.82. The highest BCUT2D eigenvalue weighted by Gasteiger charge is 2.17. The van der Waals surface area contributed by atoms with Crippen molar-refractivity contribution in [3.63, 3.8) is 0 Å². The Hall–Kier alpha value is -0.0100. The molecule has 2 rings (SSSR count). The van der Waals surface area contributed by atoms with Gasteiger partial charge in [0.05, 0.1) is 0 Å². The minimum atomic E-state index is -0.508. The molecule has 0 heterocycles. The van der Waals surface area contributed by atoms with E-state index in [4.69, 9.17) is 0 Å². The summed E-state index contributed by atoms with van der Waals surface area (Å²) in [4.78, 5) is -0.150. The Bertz CT molecular complexity index is 582. The van der Waals surface area contributed by atoms with Crippen LogP contribution in [-0.2, 0) is 6.42 Å². The summed E-state index contributed by atoms with van der Waals surface area (Å²) < 4.78 is 29.3. The van der Waals surface area contributed by atoms with Gasteiger partial charge < -0.3 is 0 Å². The lowest BCUT2D eigenvalue weighted by molar-refractivity contribution is 0.554. The second-order valence-electron chi connectivity index (χ2n) is 4.04. The average molecular weight is 502 g/mol. The monoisotopic (exact) mass is 500 g/mol. The van der Waals surface area contributed by atoms with Crippen LogP contribution in [0.2, 0.25) is 0 Å². The van der Waals surface area contributed by atoms with Gasteiger partial charge in [-0.3, -0.25) is 0 Å². The van der Waals surface area contributed by atoms with E-state index in [1.54, 1.807) is 0 Å². The zero-order chi connectivity index (χ0) is 14.0. The number of rotatable bonds is 3. The zero-order valence-electron chi connectivity index (χ0n) is 9.64. The van der Waals surface area contributed by atoms with Crippen molar-refractivity contribution >= 4 is 54.5 Å². The van der Waals surface area contributed by atoms with Crippen LogP contribution in [0.25, 0.3) is 0 Å². The molecule has 2 aromatic carbocycles. The second-order valence-corrected chi connectivity index (χ2v) is 7.24. The largest absolute Gasteiger partial charge is 0.207 e. The van der Waals surface area contributed by atoms with Crippen LogP contribution >= 0.6 is 54.5 Å². The molecule has 0 radical (unpaired) electrons. The Morgan fingerprint density at radius 2 is 1.74 bits per heavy atom. The van der Waals surface area contributed by atoms with E-state index in [0.29, 0.717) is 0 Å². The van der Waals surface area contributed by atoms with Crippen LogP contribution in [0.5, 0.6) is 0 Å². The van der Waals surface area contributed by atoms with Gasteiger partial charge in [0.25, 0.3) is 0 Å². The summed E-state index contributed by atoms with van der Waals surface area (Å²) in [5.74, 6) is -1.02. The van der Waals surface area contributed by atoms with Crippen molar-refractivity contribution in [1.29, 1.82) is 0 Å². The maximum absolute atomic E-state index is 13.6. The number of hydrogen-bond acceptors (Lipinski definition) is 0. The van der Waals surface area contributed by atoms with Gasteiger partial charge in [0.1, 0.15) is 11.6 Å². The minimum absolute atomic E-state index is 0.107. The maximum Gasteiger partial charge on any atom is 0.129 e. The zero-order valence-corrected chi connectivity index (χ0v) is 15.0. The Morgan fingerprint density at radius 1 is 1.11 bits per heavy atom. The van der Waals surface area contributed by atoms with Crippen molar-refractivity contribution < 1.29 is 8.78 Å². The van der Waals surface area contributed by atoms with Gasteiger partial charge in [-0.05, 0) is 64.9 Å². The summed E-state index contributed by atoms with van der Waals surface area (Å²) in [6, 6.07) is 9.83. The Kier molecular flexibility index (Phi) is 5.37. The molecule has 0 aliphatic rings. The van der Waals surface area contributed by atoms with Crippen molar-refractivity contribution in [3.8, 4) is 0 Å². The van der Waals surface area contributed by atoms with Crippen LogP contribution in [0.4, 0.5) is 8.78 Å². The molecule has 0 saturated carbocycles. The van der Waals surface area contributed by atoms with Crippen molar-refractivity contribution in [2.75, 3.05) is 0 Å². The van der Waals surface area contributed by atoms with Gasteiger partial charge in [0.2, 0.25) is 0 Å². The molecule has 5 heteroatoms. The highest BCUT2D eigenvalue weighted by molar-refractivity contribution is 14.1. The number of halogens is 5. The highest BCUT2D eigenvalue weighted by Crippen LogP contribution is 2.34. The van der Waals surface area contributed by atoms with Crippen LogP contribution in [-0.4, -0.2) is 0 Å². The van der Waals surface area contributed by atoms with Gasteiger partial charge >= 0.3 is 0 Å². The van der Waals surface area contributed by atoms with E-state index in [1.165, 1.54) is 18.2 Å². The molecule has 100 valence electrons. The summed E-state index contributed by atoms with van der Waals surface area (Å²) in [5, 5.41) is 0. The van der Waals surface area contributed by atoms with Crippen LogP contribution in [0.1, 0.15) is 16.0 Å². The molecule has 0 fully saturated rings. The number of alkyl halides is 1. The molecule has 1 atom stereocenters. The summed E-state index contributed by atoms with van der Waals surface area (Å²) in [7, 11) is 0. The van der Waals surface area contributed by atoms with Gasteiger partial charge in [-0.25, -0.2) is 8.78 Å². The van der Waals surface area contributed by atoms with Gasteiger partial charge in [0, 0.05) is 18.4 Å². The van der Waals surface area contributed by atoms with Crippen molar-refractivity contribution in [2.45, 2.75) is 11.2 Å². The van der Waals surface area contributed by atoms with Gasteiger partial charge in [-0.15, -0.1) is 0 Å². The van der Waals surface area contributed by atoms with Crippen LogP contribution in [0.3, 0.4) is 0 Å². The first-order valence-electron chi connectivity index (χ1n) is 5.51. The smallest absolute Gasteiger partial charge is 0.129 e. The molecule has 2 aromatic rings. The molecule has 0 aliphatic heterocycles. The predicted molar refractivity (Wildman–Crippen MR) is 88.6 cm³/mol. The Morgan fingerprint density at radius 3 is 2.37 bits per heavy atom. The van der Waals surface area contributed by atoms with E-state index >= 15 is 0 Å². The van der Waals surface area contributed by atoms with E-state index in [2.05, 4.69) is 54.5 Å². The molecule has 1 unspecified atom stereocenters. The van der Waals surface area contributed by atoms with E-state index in [9.17, 15) is 8.78 Å². The standard InChI is InChI=1S/C14H9Br2F2I/c15-11-5-4-8(19)6-9(11)12(16)7-10-13(17)2-1-3-14(10)18/h1-6,12H,7H2. The van der Waals surface area contributed by atoms with Gasteiger partial charge in [-0.1, -0.05) is 37.9 Å². The predicted octanol–water partition coefficient (Wildman–Crippen LogP) is 6.01. The van der Waals surface area contributed by atoms with Crippen molar-refractivity contribution in [3.05, 3.63) is 67.2 Å². The lowest BCUT2D eigenvalue weighted by atomic mass is 10.0. The van der Waals surface area contributed by atoms with Crippen LogP contribution in [0.15, 0.2) is 40.9 Å². The lowest BCUT2D eigenvalue weighted by Crippen LogP contribution is -2.02. The summed E-state index contributed by atoms with van der Waals surface area (Å²) in [6.45, 7) is 0. The molecule has 0 nitrogen and oxygen atoms in total. The van der Waals surface area contributed by atoms with E-state index < -0.39 is 11.6 Å². The molecule has 0 aliphatic carbocycles. The summed E-state index contributed by atoms with van der Waals surface area (Å²) in [6.07, 6.45) is 0.261. The lowest BCUT2D eigenvalue weighted by Gasteiger charge is -2.14. The first-order valence-corrected chi connectivity index (χ1v) is 8.29. The molecule has 0 saturated heterocycles. The first-order chi connectivity index (χ1) is 8.99. The Balaban J connectivity index is 2.31. The molecular formula is C14H9Br2F2I. The number of benzene rings is 2. The van der Waals surface area contributed by atoms with Crippen molar-refractivity contribution in [2.24, 2.45) is 0 Å². The normalized spacial score (nSPS) is 12.5. The van der Waals surface area contributed by atoms with E-state index in [1.807, 2.05) is 18.2 Å². The highest BCUT2D eigenvalue weighted by atomic mass is 127. The molecule has 0 aromatic heterocycles. The fraction of sp³-hybridized carbons (Fsp3) is 0.143. The average Bonchev–Trinajstić information content (AvgIpc) is 2.37. The van der Waals surface area contributed by atoms with E-state index in [0.717, 1.165) is 13.6 Å². The fourth-order valence-electron chi connectivity index (χ4n) is 1.77. The number of hydrogen-bond donors (Lipinski definition) is 0. The SMILES string of the molecule is Fc1cccc(F)c1CC(Br)c1cc(I)ccc1Br. The second kappa shape index (κ2) is 6.63. The minimum Gasteiger partial charge on any atom is -0.207 e. The topological polar surface area (TPSA) is 0 Å². The van der Waals surface area contributed by atoms with Gasteiger partial charge in [-0.2, -0.15) is 0 Å².